The van der Waals surface area contributed by atoms with E-state index in [2.05, 4.69) is 36.1 Å². The number of likely N-dealkylation sites (N-methyl/N-ethyl adjacent to an activating group) is 1. The lowest BCUT2D eigenvalue weighted by atomic mass is 9.91. The van der Waals surface area contributed by atoms with Crippen LogP contribution in [-0.2, 0) is 0 Å². The van der Waals surface area contributed by atoms with Crippen molar-refractivity contribution < 1.29 is 5.11 Å². The molecule has 0 aliphatic heterocycles. The summed E-state index contributed by atoms with van der Waals surface area (Å²) in [5.41, 5.74) is 1.23. The highest BCUT2D eigenvalue weighted by molar-refractivity contribution is 5.47. The van der Waals surface area contributed by atoms with Crippen molar-refractivity contribution in [3.63, 3.8) is 0 Å². The number of hydrogen-bond donors (Lipinski definition) is 1. The van der Waals surface area contributed by atoms with E-state index in [4.69, 9.17) is 0 Å². The standard InChI is InChI=1S/C14H21NO/c1-2-15(12-8-4-3-5-9-12)13-10-6-7-11-14(13)16/h3-5,8-9,13-14,16H,2,6-7,10-11H2,1H3/t13-,14-/m0/s1. The van der Waals surface area contributed by atoms with Crippen molar-refractivity contribution in [3.05, 3.63) is 30.3 Å². The summed E-state index contributed by atoms with van der Waals surface area (Å²) in [6, 6.07) is 10.7. The molecule has 2 nitrogen and oxygen atoms in total. The molecule has 2 atom stereocenters. The number of nitrogens with zero attached hydrogens (tertiary/aromatic N) is 1. The van der Waals surface area contributed by atoms with Crippen LogP contribution >= 0.6 is 0 Å². The normalized spacial score (nSPS) is 25.4. The summed E-state index contributed by atoms with van der Waals surface area (Å²) < 4.78 is 0. The van der Waals surface area contributed by atoms with Gasteiger partial charge in [-0.2, -0.15) is 0 Å². The first-order valence-electron chi connectivity index (χ1n) is 6.32. The molecule has 0 unspecified atom stereocenters. The van der Waals surface area contributed by atoms with Gasteiger partial charge >= 0.3 is 0 Å². The van der Waals surface area contributed by atoms with E-state index in [1.807, 2.05) is 6.07 Å². The number of rotatable bonds is 3. The topological polar surface area (TPSA) is 23.5 Å². The van der Waals surface area contributed by atoms with Crippen molar-refractivity contribution in [3.8, 4) is 0 Å². The van der Waals surface area contributed by atoms with Crippen molar-refractivity contribution in [2.45, 2.75) is 44.8 Å². The fourth-order valence-electron chi connectivity index (χ4n) is 2.68. The van der Waals surface area contributed by atoms with Crippen molar-refractivity contribution in [1.29, 1.82) is 0 Å². The van der Waals surface area contributed by atoms with Gasteiger partial charge in [-0.05, 0) is 31.9 Å². The number of aliphatic hydroxyl groups excluding tert-OH is 1. The Morgan fingerprint density at radius 3 is 2.50 bits per heavy atom. The molecule has 0 bridgehead atoms. The Labute approximate surface area is 97.9 Å². The van der Waals surface area contributed by atoms with Gasteiger partial charge in [-0.1, -0.05) is 31.0 Å². The maximum atomic E-state index is 10.1. The van der Waals surface area contributed by atoms with Gasteiger partial charge in [0.2, 0.25) is 0 Å². The first kappa shape index (κ1) is 11.5. The summed E-state index contributed by atoms with van der Waals surface area (Å²) in [7, 11) is 0. The van der Waals surface area contributed by atoms with Gasteiger partial charge in [0.15, 0.2) is 0 Å². The summed E-state index contributed by atoms with van der Waals surface area (Å²) in [5.74, 6) is 0. The molecule has 0 heterocycles. The zero-order valence-electron chi connectivity index (χ0n) is 9.97. The summed E-state index contributed by atoms with van der Waals surface area (Å²) in [6.07, 6.45) is 4.32. The smallest absolute Gasteiger partial charge is 0.0743 e. The Morgan fingerprint density at radius 1 is 1.19 bits per heavy atom. The van der Waals surface area contributed by atoms with Crippen molar-refractivity contribution in [1.82, 2.24) is 0 Å². The van der Waals surface area contributed by atoms with Crippen LogP contribution in [0.4, 0.5) is 5.69 Å². The number of benzene rings is 1. The maximum Gasteiger partial charge on any atom is 0.0743 e. The predicted octanol–water partition coefficient (Wildman–Crippen LogP) is 2.82. The molecule has 1 N–H and O–H groups in total. The lowest BCUT2D eigenvalue weighted by molar-refractivity contribution is 0.104. The van der Waals surface area contributed by atoms with Crippen LogP contribution in [0.3, 0.4) is 0 Å². The van der Waals surface area contributed by atoms with Crippen molar-refractivity contribution in [2.75, 3.05) is 11.4 Å². The Kier molecular flexibility index (Phi) is 3.83. The molecule has 1 aliphatic rings. The van der Waals surface area contributed by atoms with Crippen LogP contribution in [0.1, 0.15) is 32.6 Å². The molecule has 0 amide bonds. The fraction of sp³-hybridized carbons (Fsp3) is 0.571. The van der Waals surface area contributed by atoms with E-state index in [0.29, 0.717) is 6.04 Å². The van der Waals surface area contributed by atoms with Crippen LogP contribution in [0.25, 0.3) is 0 Å². The number of para-hydroxylation sites is 1. The third-order valence-electron chi connectivity index (χ3n) is 3.52. The van der Waals surface area contributed by atoms with Gasteiger partial charge < -0.3 is 10.0 Å². The minimum absolute atomic E-state index is 0.158. The van der Waals surface area contributed by atoms with Gasteiger partial charge in [-0.25, -0.2) is 0 Å². The maximum absolute atomic E-state index is 10.1. The molecule has 0 aromatic heterocycles. The molecule has 1 fully saturated rings. The van der Waals surface area contributed by atoms with Crippen LogP contribution in [0.2, 0.25) is 0 Å². The van der Waals surface area contributed by atoms with E-state index < -0.39 is 0 Å². The molecule has 1 aromatic carbocycles. The largest absolute Gasteiger partial charge is 0.391 e. The Hall–Kier alpha value is -1.02. The SMILES string of the molecule is CCN(c1ccccc1)[C@H]1CCCC[C@@H]1O. The lowest BCUT2D eigenvalue weighted by Gasteiger charge is -2.38. The predicted molar refractivity (Wildman–Crippen MR) is 67.7 cm³/mol. The molecular weight excluding hydrogens is 198 g/mol. The van der Waals surface area contributed by atoms with E-state index in [1.165, 1.54) is 18.5 Å². The molecule has 0 saturated heterocycles. The molecule has 16 heavy (non-hydrogen) atoms. The molecule has 1 aliphatic carbocycles. The molecule has 2 heteroatoms. The highest BCUT2D eigenvalue weighted by atomic mass is 16.3. The fourth-order valence-corrected chi connectivity index (χ4v) is 2.68. The molecule has 2 rings (SSSR count). The molecule has 1 saturated carbocycles. The molecule has 88 valence electrons. The number of hydrogen-bond acceptors (Lipinski definition) is 2. The highest BCUT2D eigenvalue weighted by Crippen LogP contribution is 2.27. The monoisotopic (exact) mass is 219 g/mol. The van der Waals surface area contributed by atoms with Gasteiger partial charge in [0.1, 0.15) is 0 Å². The lowest BCUT2D eigenvalue weighted by Crippen LogP contribution is -2.45. The minimum atomic E-state index is -0.158. The van der Waals surface area contributed by atoms with Crippen LogP contribution in [0.15, 0.2) is 30.3 Å². The first-order valence-corrected chi connectivity index (χ1v) is 6.32. The number of aliphatic hydroxyl groups is 1. The first-order chi connectivity index (χ1) is 7.83. The van der Waals surface area contributed by atoms with Gasteiger partial charge in [0.25, 0.3) is 0 Å². The van der Waals surface area contributed by atoms with E-state index in [1.54, 1.807) is 0 Å². The van der Waals surface area contributed by atoms with E-state index in [-0.39, 0.29) is 6.10 Å². The summed E-state index contributed by atoms with van der Waals surface area (Å²) in [6.45, 7) is 3.13. The summed E-state index contributed by atoms with van der Waals surface area (Å²) in [4.78, 5) is 2.34. The van der Waals surface area contributed by atoms with Gasteiger partial charge in [-0.3, -0.25) is 0 Å². The zero-order chi connectivity index (χ0) is 11.4. The van der Waals surface area contributed by atoms with E-state index in [0.717, 1.165) is 19.4 Å². The van der Waals surface area contributed by atoms with Crippen LogP contribution in [0.5, 0.6) is 0 Å². The Morgan fingerprint density at radius 2 is 1.88 bits per heavy atom. The second-order valence-corrected chi connectivity index (χ2v) is 4.54. The molecule has 0 spiro atoms. The second kappa shape index (κ2) is 5.35. The third-order valence-corrected chi connectivity index (χ3v) is 3.52. The average molecular weight is 219 g/mol. The highest BCUT2D eigenvalue weighted by Gasteiger charge is 2.27. The summed E-state index contributed by atoms with van der Waals surface area (Å²) in [5, 5.41) is 10.1. The van der Waals surface area contributed by atoms with Crippen LogP contribution in [0, 0.1) is 0 Å². The van der Waals surface area contributed by atoms with Gasteiger partial charge in [0.05, 0.1) is 12.1 Å². The zero-order valence-corrected chi connectivity index (χ0v) is 9.97. The van der Waals surface area contributed by atoms with Crippen LogP contribution in [-0.4, -0.2) is 23.8 Å². The molecule has 1 aromatic rings. The van der Waals surface area contributed by atoms with Gasteiger partial charge in [0, 0.05) is 12.2 Å². The Balaban J connectivity index is 2.15. The van der Waals surface area contributed by atoms with Gasteiger partial charge in [-0.15, -0.1) is 0 Å². The second-order valence-electron chi connectivity index (χ2n) is 4.54. The average Bonchev–Trinajstić information content (AvgIpc) is 2.34. The third kappa shape index (κ3) is 2.38. The summed E-state index contributed by atoms with van der Waals surface area (Å²) >= 11 is 0. The van der Waals surface area contributed by atoms with Crippen molar-refractivity contribution >= 4 is 5.69 Å². The minimum Gasteiger partial charge on any atom is -0.391 e. The number of anilines is 1. The van der Waals surface area contributed by atoms with E-state index >= 15 is 0 Å². The molecule has 0 radical (unpaired) electrons. The van der Waals surface area contributed by atoms with E-state index in [9.17, 15) is 5.11 Å². The van der Waals surface area contributed by atoms with Crippen molar-refractivity contribution in [2.24, 2.45) is 0 Å². The molecular formula is C14H21NO. The Bertz CT molecular complexity index is 312. The van der Waals surface area contributed by atoms with Crippen LogP contribution < -0.4 is 4.90 Å². The quantitative estimate of drug-likeness (QED) is 0.845.